The van der Waals surface area contributed by atoms with Crippen molar-refractivity contribution in [3.63, 3.8) is 0 Å². The van der Waals surface area contributed by atoms with E-state index in [2.05, 4.69) is 15.3 Å². The molecule has 4 aromatic rings. The van der Waals surface area contributed by atoms with Gasteiger partial charge in [-0.3, -0.25) is 9.69 Å². The van der Waals surface area contributed by atoms with Gasteiger partial charge in [0.15, 0.2) is 0 Å². The molecule has 10 heteroatoms. The average molecular weight is 480 g/mol. The minimum Gasteiger partial charge on any atom is -0.325 e. The number of carbonyl (C=O) groups excluding carboxylic acids is 1. The van der Waals surface area contributed by atoms with Gasteiger partial charge in [-0.2, -0.15) is 4.31 Å². The number of aromatic nitrogens is 2. The predicted molar refractivity (Wildman–Crippen MR) is 131 cm³/mol. The second kappa shape index (κ2) is 8.71. The first-order chi connectivity index (χ1) is 16.3. The standard InChI is InChI=1S/C24H25N5O4S/c1-16(23(30)25-19-7-9-21-22(15-19)27-24(31)26-21)28-10-12-29(13-11-28)34(32,33)20-8-6-17-4-2-3-5-18(17)14-20/h2-9,14-16H,10-13H2,1H3,(H,25,30)(H2,26,27,31). The highest BCUT2D eigenvalue weighted by Gasteiger charge is 2.32. The van der Waals surface area contributed by atoms with Crippen LogP contribution >= 0.6 is 0 Å². The highest BCUT2D eigenvalue weighted by molar-refractivity contribution is 7.89. The highest BCUT2D eigenvalue weighted by atomic mass is 32.2. The summed E-state index contributed by atoms with van der Waals surface area (Å²) >= 11 is 0. The Labute approximate surface area is 196 Å². The largest absolute Gasteiger partial charge is 0.325 e. The Hall–Kier alpha value is -3.47. The van der Waals surface area contributed by atoms with Crippen LogP contribution in [0.15, 0.2) is 70.4 Å². The van der Waals surface area contributed by atoms with E-state index >= 15 is 0 Å². The Morgan fingerprint density at radius 2 is 1.62 bits per heavy atom. The predicted octanol–water partition coefficient (Wildman–Crippen LogP) is 2.34. The topological polar surface area (TPSA) is 118 Å². The molecule has 1 unspecified atom stereocenters. The molecule has 3 aromatic carbocycles. The van der Waals surface area contributed by atoms with Crippen LogP contribution in [0, 0.1) is 0 Å². The molecule has 2 heterocycles. The maximum Gasteiger partial charge on any atom is 0.323 e. The molecular weight excluding hydrogens is 454 g/mol. The van der Waals surface area contributed by atoms with E-state index in [0.717, 1.165) is 10.8 Å². The molecule has 5 rings (SSSR count). The number of imidazole rings is 1. The molecule has 3 N–H and O–H groups in total. The molecular formula is C24H25N5O4S. The summed E-state index contributed by atoms with van der Waals surface area (Å²) in [5.41, 5.74) is 1.56. The fourth-order valence-electron chi connectivity index (χ4n) is 4.33. The van der Waals surface area contributed by atoms with E-state index in [1.54, 1.807) is 37.3 Å². The Morgan fingerprint density at radius 1 is 0.912 bits per heavy atom. The van der Waals surface area contributed by atoms with Gasteiger partial charge in [0.05, 0.1) is 22.0 Å². The van der Waals surface area contributed by atoms with Crippen LogP contribution in [-0.2, 0) is 14.8 Å². The molecule has 34 heavy (non-hydrogen) atoms. The van der Waals surface area contributed by atoms with Crippen molar-refractivity contribution >= 4 is 43.4 Å². The molecule has 9 nitrogen and oxygen atoms in total. The van der Waals surface area contributed by atoms with E-state index in [1.807, 2.05) is 35.2 Å². The minimum atomic E-state index is -3.62. The van der Waals surface area contributed by atoms with Gasteiger partial charge in [-0.25, -0.2) is 13.2 Å². The van der Waals surface area contributed by atoms with E-state index in [9.17, 15) is 18.0 Å². The summed E-state index contributed by atoms with van der Waals surface area (Å²) in [4.78, 5) is 31.8. The smallest absolute Gasteiger partial charge is 0.323 e. The number of nitrogens with one attached hydrogen (secondary N) is 3. The monoisotopic (exact) mass is 479 g/mol. The SMILES string of the molecule is CC(C(=O)Nc1ccc2[nH]c(=O)[nH]c2c1)N1CCN(S(=O)(=O)c2ccc3ccccc3c2)CC1. The fourth-order valence-corrected chi connectivity index (χ4v) is 5.79. The molecule has 1 amide bonds. The number of carbonyl (C=O) groups is 1. The maximum absolute atomic E-state index is 13.2. The number of H-pyrrole nitrogens is 2. The van der Waals surface area contributed by atoms with Crippen LogP contribution in [0.5, 0.6) is 0 Å². The summed E-state index contributed by atoms with van der Waals surface area (Å²) in [6, 6.07) is 17.6. The first-order valence-electron chi connectivity index (χ1n) is 11.1. The van der Waals surface area contributed by atoms with E-state index in [0.29, 0.717) is 42.9 Å². The number of hydrogen-bond donors (Lipinski definition) is 3. The summed E-state index contributed by atoms with van der Waals surface area (Å²) in [6.45, 7) is 3.32. The number of aromatic amines is 2. The summed E-state index contributed by atoms with van der Waals surface area (Å²) in [5.74, 6) is -0.192. The van der Waals surface area contributed by atoms with Crippen LogP contribution in [0.1, 0.15) is 6.92 Å². The van der Waals surface area contributed by atoms with Gasteiger partial charge in [-0.1, -0.05) is 30.3 Å². The molecule has 0 bridgehead atoms. The molecule has 1 aliphatic rings. The highest BCUT2D eigenvalue weighted by Crippen LogP contribution is 2.23. The Kier molecular flexibility index (Phi) is 5.72. The zero-order valence-electron chi connectivity index (χ0n) is 18.6. The van der Waals surface area contributed by atoms with Gasteiger partial charge in [0, 0.05) is 31.9 Å². The van der Waals surface area contributed by atoms with Crippen molar-refractivity contribution < 1.29 is 13.2 Å². The van der Waals surface area contributed by atoms with Gasteiger partial charge in [0.25, 0.3) is 0 Å². The third kappa shape index (κ3) is 4.23. The average Bonchev–Trinajstić information content (AvgIpc) is 3.22. The van der Waals surface area contributed by atoms with Crippen molar-refractivity contribution in [2.24, 2.45) is 0 Å². The van der Waals surface area contributed by atoms with Crippen molar-refractivity contribution in [1.29, 1.82) is 0 Å². The number of fused-ring (bicyclic) bond motifs is 2. The van der Waals surface area contributed by atoms with Crippen molar-refractivity contribution in [3.05, 3.63) is 71.1 Å². The molecule has 176 valence electrons. The number of amides is 1. The van der Waals surface area contributed by atoms with Crippen molar-refractivity contribution in [3.8, 4) is 0 Å². The molecule has 0 aliphatic carbocycles. The number of anilines is 1. The van der Waals surface area contributed by atoms with Gasteiger partial charge in [0.2, 0.25) is 15.9 Å². The minimum absolute atomic E-state index is 0.192. The molecule has 1 aliphatic heterocycles. The van der Waals surface area contributed by atoms with Crippen LogP contribution in [0.25, 0.3) is 21.8 Å². The van der Waals surface area contributed by atoms with Gasteiger partial charge < -0.3 is 15.3 Å². The number of hydrogen-bond acceptors (Lipinski definition) is 5. The molecule has 1 saturated heterocycles. The van der Waals surface area contributed by atoms with E-state index in [4.69, 9.17) is 0 Å². The van der Waals surface area contributed by atoms with Crippen molar-refractivity contribution in [2.75, 3.05) is 31.5 Å². The van der Waals surface area contributed by atoms with Gasteiger partial charge in [-0.15, -0.1) is 0 Å². The summed E-state index contributed by atoms with van der Waals surface area (Å²) in [7, 11) is -3.62. The third-order valence-electron chi connectivity index (χ3n) is 6.34. The first-order valence-corrected chi connectivity index (χ1v) is 12.5. The lowest BCUT2D eigenvalue weighted by molar-refractivity contribution is -0.121. The van der Waals surface area contributed by atoms with Gasteiger partial charge in [0.1, 0.15) is 0 Å². The summed E-state index contributed by atoms with van der Waals surface area (Å²) in [6.07, 6.45) is 0. The molecule has 0 spiro atoms. The van der Waals surface area contributed by atoms with Crippen molar-refractivity contribution in [1.82, 2.24) is 19.2 Å². The molecule has 1 fully saturated rings. The zero-order chi connectivity index (χ0) is 23.9. The maximum atomic E-state index is 13.2. The zero-order valence-corrected chi connectivity index (χ0v) is 19.4. The van der Waals surface area contributed by atoms with Crippen LogP contribution in [0.2, 0.25) is 0 Å². The van der Waals surface area contributed by atoms with Crippen molar-refractivity contribution in [2.45, 2.75) is 17.9 Å². The van der Waals surface area contributed by atoms with E-state index < -0.39 is 16.1 Å². The quantitative estimate of drug-likeness (QED) is 0.406. The fraction of sp³-hybridized carbons (Fsp3) is 0.250. The first kappa shape index (κ1) is 22.3. The second-order valence-electron chi connectivity index (χ2n) is 8.45. The lowest BCUT2D eigenvalue weighted by Gasteiger charge is -2.36. The Morgan fingerprint density at radius 3 is 2.38 bits per heavy atom. The summed E-state index contributed by atoms with van der Waals surface area (Å²) in [5, 5.41) is 4.75. The number of piperazine rings is 1. The van der Waals surface area contributed by atoms with Crippen LogP contribution in [0.3, 0.4) is 0 Å². The lowest BCUT2D eigenvalue weighted by atomic mass is 10.1. The second-order valence-corrected chi connectivity index (χ2v) is 10.4. The summed E-state index contributed by atoms with van der Waals surface area (Å²) < 4.78 is 27.9. The van der Waals surface area contributed by atoms with Gasteiger partial charge >= 0.3 is 5.69 Å². The molecule has 1 atom stereocenters. The van der Waals surface area contributed by atoms with E-state index in [1.165, 1.54) is 4.31 Å². The van der Waals surface area contributed by atoms with E-state index in [-0.39, 0.29) is 16.5 Å². The van der Waals surface area contributed by atoms with Crippen LogP contribution in [0.4, 0.5) is 5.69 Å². The Bertz CT molecular complexity index is 1530. The Balaban J connectivity index is 1.23. The molecule has 0 saturated carbocycles. The third-order valence-corrected chi connectivity index (χ3v) is 8.24. The number of sulfonamides is 1. The van der Waals surface area contributed by atoms with Gasteiger partial charge in [-0.05, 0) is 48.0 Å². The normalized spacial score (nSPS) is 16.6. The number of benzene rings is 3. The number of nitrogens with zero attached hydrogens (tertiary/aromatic N) is 2. The number of rotatable bonds is 5. The lowest BCUT2D eigenvalue weighted by Crippen LogP contribution is -2.53. The van der Waals surface area contributed by atoms with Crippen LogP contribution in [-0.4, -0.2) is 65.7 Å². The molecule has 0 radical (unpaired) electrons. The molecule has 1 aromatic heterocycles. The van der Waals surface area contributed by atoms with Crippen LogP contribution < -0.4 is 11.0 Å².